The largest absolute Gasteiger partial charge is 0.462 e. The minimum Gasteiger partial charge on any atom is -0.462 e. The van der Waals surface area contributed by atoms with Gasteiger partial charge in [0.05, 0.1) is 0 Å². The highest BCUT2D eigenvalue weighted by atomic mass is 16.6. The van der Waals surface area contributed by atoms with Gasteiger partial charge in [-0.3, -0.25) is 14.4 Å². The third-order valence-electron chi connectivity index (χ3n) is 16.8. The maximum absolute atomic E-state index is 12.9. The topological polar surface area (TPSA) is 78.9 Å². The Morgan fingerprint density at radius 2 is 0.418 bits per heavy atom. The predicted molar refractivity (Wildman–Crippen MR) is 344 cm³/mol. The summed E-state index contributed by atoms with van der Waals surface area (Å²) in [5.74, 6) is -0.840. The fourth-order valence-electron chi connectivity index (χ4n) is 11.3. The summed E-state index contributed by atoms with van der Waals surface area (Å²) in [6.07, 6.45) is 82.6. The van der Waals surface area contributed by atoms with Gasteiger partial charge in [0.25, 0.3) is 0 Å². The first kappa shape index (κ1) is 77.2. The molecule has 0 amide bonds. The van der Waals surface area contributed by atoms with E-state index in [1.54, 1.807) is 0 Å². The molecule has 0 bridgehead atoms. The SMILES string of the molecule is CCCCCC/C=C\CCCCCCCC(=O)OCC(COC(=O)CCCCCCCCCCCCCCCCCCCCCCCCCCCCCCCC)OC(=O)CCCCCCCCCCCCCCCCCCCC. The molecule has 1 unspecified atom stereocenters. The Morgan fingerprint density at radius 1 is 0.241 bits per heavy atom. The molecular weight excluding hydrogens is 973 g/mol. The third-order valence-corrected chi connectivity index (χ3v) is 16.8. The Hall–Kier alpha value is -1.85. The van der Waals surface area contributed by atoms with Crippen LogP contribution in [0.3, 0.4) is 0 Å². The Kier molecular flexibility index (Phi) is 67.0. The molecule has 0 aliphatic rings. The van der Waals surface area contributed by atoms with E-state index < -0.39 is 6.10 Å². The molecule has 0 spiro atoms. The summed E-state index contributed by atoms with van der Waals surface area (Å²) in [7, 11) is 0. The van der Waals surface area contributed by atoms with Crippen molar-refractivity contribution < 1.29 is 28.6 Å². The highest BCUT2D eigenvalue weighted by molar-refractivity contribution is 5.71. The molecule has 0 aliphatic carbocycles. The maximum atomic E-state index is 12.9. The molecule has 0 aromatic heterocycles. The van der Waals surface area contributed by atoms with Crippen LogP contribution in [-0.2, 0) is 28.6 Å². The summed E-state index contributed by atoms with van der Waals surface area (Å²) in [6, 6.07) is 0. The molecule has 0 aromatic rings. The standard InChI is InChI=1S/C73H140O6/c1-4-7-10-13-16-19-22-25-27-29-31-32-33-34-35-36-37-38-39-40-41-42-44-45-48-51-54-57-60-63-66-72(75)78-69-70(68-77-71(74)65-62-59-56-53-50-47-24-21-18-15-12-9-6-3)79-73(76)67-64-61-58-55-52-49-46-43-30-28-26-23-20-17-14-11-8-5-2/h21,24,70H,4-20,22-23,25-69H2,1-3H3/b24-21-. The zero-order chi connectivity index (χ0) is 57.1. The van der Waals surface area contributed by atoms with Crippen LogP contribution >= 0.6 is 0 Å². The lowest BCUT2D eigenvalue weighted by Gasteiger charge is -2.18. The lowest BCUT2D eigenvalue weighted by Crippen LogP contribution is -2.30. The van der Waals surface area contributed by atoms with Crippen molar-refractivity contribution in [1.29, 1.82) is 0 Å². The van der Waals surface area contributed by atoms with Gasteiger partial charge in [-0.1, -0.05) is 367 Å². The molecule has 0 fully saturated rings. The van der Waals surface area contributed by atoms with Crippen molar-refractivity contribution in [3.05, 3.63) is 12.2 Å². The van der Waals surface area contributed by atoms with Gasteiger partial charge in [0.2, 0.25) is 0 Å². The number of hydrogen-bond acceptors (Lipinski definition) is 6. The van der Waals surface area contributed by atoms with E-state index in [0.29, 0.717) is 19.3 Å². The van der Waals surface area contributed by atoms with Gasteiger partial charge in [-0.2, -0.15) is 0 Å². The van der Waals surface area contributed by atoms with Crippen LogP contribution in [0, 0.1) is 0 Å². The number of esters is 3. The van der Waals surface area contributed by atoms with E-state index in [0.717, 1.165) is 64.2 Å². The molecule has 0 N–H and O–H groups in total. The average molecular weight is 1110 g/mol. The molecule has 0 radical (unpaired) electrons. The van der Waals surface area contributed by atoms with E-state index in [-0.39, 0.29) is 31.1 Å². The van der Waals surface area contributed by atoms with E-state index in [2.05, 4.69) is 32.9 Å². The van der Waals surface area contributed by atoms with Crippen molar-refractivity contribution in [2.24, 2.45) is 0 Å². The summed E-state index contributed by atoms with van der Waals surface area (Å²) < 4.78 is 17.0. The van der Waals surface area contributed by atoms with Gasteiger partial charge in [-0.25, -0.2) is 0 Å². The number of allylic oxidation sites excluding steroid dienone is 2. The summed E-state index contributed by atoms with van der Waals surface area (Å²) in [4.78, 5) is 38.4. The lowest BCUT2D eigenvalue weighted by atomic mass is 10.0. The van der Waals surface area contributed by atoms with Gasteiger partial charge in [-0.05, 0) is 44.9 Å². The van der Waals surface area contributed by atoms with Crippen LogP contribution in [0.4, 0.5) is 0 Å². The van der Waals surface area contributed by atoms with E-state index in [4.69, 9.17) is 14.2 Å². The minimum absolute atomic E-state index is 0.0657. The molecule has 6 nitrogen and oxygen atoms in total. The van der Waals surface area contributed by atoms with Crippen molar-refractivity contribution in [1.82, 2.24) is 0 Å². The molecule has 0 aromatic carbocycles. The van der Waals surface area contributed by atoms with Crippen molar-refractivity contribution in [3.8, 4) is 0 Å². The first-order valence-electron chi connectivity index (χ1n) is 36.2. The number of carbonyl (C=O) groups is 3. The molecule has 0 saturated carbocycles. The zero-order valence-electron chi connectivity index (χ0n) is 53.9. The molecule has 0 rings (SSSR count). The third kappa shape index (κ3) is 66.8. The fourth-order valence-corrected chi connectivity index (χ4v) is 11.3. The van der Waals surface area contributed by atoms with Gasteiger partial charge in [-0.15, -0.1) is 0 Å². The second-order valence-electron chi connectivity index (χ2n) is 24.9. The van der Waals surface area contributed by atoms with E-state index >= 15 is 0 Å². The second-order valence-corrected chi connectivity index (χ2v) is 24.9. The van der Waals surface area contributed by atoms with Crippen molar-refractivity contribution >= 4 is 17.9 Å². The maximum Gasteiger partial charge on any atom is 0.306 e. The van der Waals surface area contributed by atoms with E-state index in [9.17, 15) is 14.4 Å². The molecule has 468 valence electrons. The van der Waals surface area contributed by atoms with Crippen molar-refractivity contribution in [3.63, 3.8) is 0 Å². The smallest absolute Gasteiger partial charge is 0.306 e. The molecule has 79 heavy (non-hydrogen) atoms. The van der Waals surface area contributed by atoms with Crippen LogP contribution in [-0.4, -0.2) is 37.2 Å². The number of carbonyl (C=O) groups excluding carboxylic acids is 3. The van der Waals surface area contributed by atoms with Gasteiger partial charge in [0, 0.05) is 19.3 Å². The highest BCUT2D eigenvalue weighted by Crippen LogP contribution is 2.19. The van der Waals surface area contributed by atoms with Gasteiger partial charge >= 0.3 is 17.9 Å². The molecule has 0 saturated heterocycles. The summed E-state index contributed by atoms with van der Waals surface area (Å²) >= 11 is 0. The van der Waals surface area contributed by atoms with Crippen LogP contribution in [0.2, 0.25) is 0 Å². The van der Waals surface area contributed by atoms with Gasteiger partial charge in [0.1, 0.15) is 13.2 Å². The second kappa shape index (κ2) is 68.6. The summed E-state index contributed by atoms with van der Waals surface area (Å²) in [5, 5.41) is 0. The van der Waals surface area contributed by atoms with Gasteiger partial charge < -0.3 is 14.2 Å². The first-order chi connectivity index (χ1) is 39.0. The quantitative estimate of drug-likeness (QED) is 0.0261. The number of rotatable bonds is 68. The zero-order valence-corrected chi connectivity index (χ0v) is 53.9. The first-order valence-corrected chi connectivity index (χ1v) is 36.2. The van der Waals surface area contributed by atoms with Crippen LogP contribution in [0.15, 0.2) is 12.2 Å². The Balaban J connectivity index is 4.12. The molecule has 6 heteroatoms. The van der Waals surface area contributed by atoms with Crippen molar-refractivity contribution in [2.75, 3.05) is 13.2 Å². The molecule has 0 aliphatic heterocycles. The Bertz CT molecular complexity index is 1230. The van der Waals surface area contributed by atoms with E-state index in [1.807, 2.05) is 0 Å². The van der Waals surface area contributed by atoms with Gasteiger partial charge in [0.15, 0.2) is 6.10 Å². The lowest BCUT2D eigenvalue weighted by molar-refractivity contribution is -0.167. The molecule has 0 heterocycles. The van der Waals surface area contributed by atoms with Crippen LogP contribution in [0.25, 0.3) is 0 Å². The fraction of sp³-hybridized carbons (Fsp3) is 0.932. The summed E-state index contributed by atoms with van der Waals surface area (Å²) in [5.41, 5.74) is 0. The van der Waals surface area contributed by atoms with Crippen LogP contribution in [0.5, 0.6) is 0 Å². The Morgan fingerprint density at radius 3 is 0.646 bits per heavy atom. The normalized spacial score (nSPS) is 12.0. The average Bonchev–Trinajstić information content (AvgIpc) is 3.45. The summed E-state index contributed by atoms with van der Waals surface area (Å²) in [6.45, 7) is 6.71. The highest BCUT2D eigenvalue weighted by Gasteiger charge is 2.19. The predicted octanol–water partition coefficient (Wildman–Crippen LogP) is 24.8. The minimum atomic E-state index is -0.769. The number of unbranched alkanes of at least 4 members (excludes halogenated alkanes) is 55. The van der Waals surface area contributed by atoms with Crippen LogP contribution < -0.4 is 0 Å². The number of hydrogen-bond donors (Lipinski definition) is 0. The van der Waals surface area contributed by atoms with E-state index in [1.165, 1.54) is 315 Å². The molecular formula is C73H140O6. The molecule has 1 atom stereocenters. The Labute approximate surface area is 494 Å². The number of ether oxygens (including phenoxy) is 3. The monoisotopic (exact) mass is 1110 g/mol. The van der Waals surface area contributed by atoms with Crippen molar-refractivity contribution in [2.45, 2.75) is 425 Å². The van der Waals surface area contributed by atoms with Crippen LogP contribution in [0.1, 0.15) is 419 Å².